The molecule has 3 heterocycles. The predicted molar refractivity (Wildman–Crippen MR) is 146 cm³/mol. The van der Waals surface area contributed by atoms with Crippen molar-refractivity contribution in [3.63, 3.8) is 0 Å². The van der Waals surface area contributed by atoms with E-state index in [9.17, 15) is 9.00 Å². The summed E-state index contributed by atoms with van der Waals surface area (Å²) in [6.07, 6.45) is 7.55. The normalized spacial score (nSPS) is 19.2. The number of aromatic nitrogens is 1. The zero-order valence-corrected chi connectivity index (χ0v) is 22.3. The fourth-order valence-corrected chi connectivity index (χ4v) is 6.82. The molecule has 0 bridgehead atoms. The van der Waals surface area contributed by atoms with Crippen LogP contribution in [0.5, 0.6) is 5.88 Å². The van der Waals surface area contributed by atoms with Gasteiger partial charge in [0.05, 0.1) is 19.0 Å². The summed E-state index contributed by atoms with van der Waals surface area (Å²) in [6.45, 7) is 6.28. The van der Waals surface area contributed by atoms with Crippen molar-refractivity contribution in [1.29, 1.82) is 0 Å². The molecule has 1 aromatic carbocycles. The number of hydrogen-bond donors (Lipinski definition) is 1. The quantitative estimate of drug-likeness (QED) is 0.491. The second kappa shape index (κ2) is 12.1. The maximum Gasteiger partial charge on any atom is 0.237 e. The van der Waals surface area contributed by atoms with E-state index in [1.807, 2.05) is 16.4 Å². The zero-order valence-electron chi connectivity index (χ0n) is 21.5. The summed E-state index contributed by atoms with van der Waals surface area (Å²) in [5, 5.41) is 0. The maximum atomic E-state index is 13.7. The molecule has 2 saturated heterocycles. The molecule has 0 radical (unpaired) electrons. The Balaban J connectivity index is 1.33. The van der Waals surface area contributed by atoms with Gasteiger partial charge in [0.15, 0.2) is 0 Å². The number of rotatable bonds is 10. The van der Waals surface area contributed by atoms with E-state index in [4.69, 9.17) is 10.5 Å². The summed E-state index contributed by atoms with van der Waals surface area (Å²) < 4.78 is 19.8. The molecule has 1 atom stereocenters. The van der Waals surface area contributed by atoms with Crippen LogP contribution in [0.25, 0.3) is 0 Å². The number of primary amides is 1. The molecular formula is C27H39N5O3S. The fourth-order valence-electron chi connectivity index (χ4n) is 5.13. The molecule has 1 aromatic heterocycles. The van der Waals surface area contributed by atoms with E-state index in [2.05, 4.69) is 46.0 Å². The van der Waals surface area contributed by atoms with Gasteiger partial charge in [0.2, 0.25) is 11.8 Å². The number of nitrogens with two attached hydrogens (primary N) is 1. The number of carbonyl (C=O) groups is 1. The predicted octanol–water partition coefficient (Wildman–Crippen LogP) is 3.13. The van der Waals surface area contributed by atoms with Crippen molar-refractivity contribution in [2.24, 2.45) is 5.73 Å². The van der Waals surface area contributed by atoms with Crippen LogP contribution < -0.4 is 20.3 Å². The van der Waals surface area contributed by atoms with E-state index in [1.165, 1.54) is 30.5 Å². The van der Waals surface area contributed by atoms with Crippen LogP contribution in [0.1, 0.15) is 44.6 Å². The largest absolute Gasteiger partial charge is 0.481 e. The van der Waals surface area contributed by atoms with Gasteiger partial charge in [-0.05, 0) is 49.4 Å². The van der Waals surface area contributed by atoms with Gasteiger partial charge < -0.3 is 20.3 Å². The maximum absolute atomic E-state index is 13.7. The van der Waals surface area contributed by atoms with Crippen molar-refractivity contribution in [2.75, 3.05) is 56.2 Å². The molecule has 36 heavy (non-hydrogen) atoms. The molecule has 1 amide bonds. The number of pyridine rings is 1. The van der Waals surface area contributed by atoms with Crippen molar-refractivity contribution in [2.45, 2.75) is 50.2 Å². The van der Waals surface area contributed by atoms with E-state index in [1.54, 1.807) is 13.3 Å². The van der Waals surface area contributed by atoms with Crippen LogP contribution in [0.15, 0.2) is 42.6 Å². The Hall–Kier alpha value is -2.65. The van der Waals surface area contributed by atoms with Gasteiger partial charge in [-0.25, -0.2) is 13.5 Å². The SMILES string of the molecule is CCCCCc1ccc(N2CCN(S(=O)C3(C(N)=O)CCN(c4ccc(OC)nc4)CC3)CC2)cc1. The standard InChI is InChI=1S/C27H39N5O3S/c1-3-4-5-6-22-7-9-23(10-8-22)31-17-19-32(20-18-31)36(34)27(26(28)33)13-15-30(16-14-27)24-11-12-25(35-2)29-21-24/h7-12,21H,3-6,13-20H2,1-2H3,(H2,28,33). The molecule has 2 fully saturated rings. The average Bonchev–Trinajstić information content (AvgIpc) is 2.93. The first-order chi connectivity index (χ1) is 17.5. The number of unbranched alkanes of at least 4 members (excludes halogenated alkanes) is 2. The molecule has 0 saturated carbocycles. The molecule has 0 aliphatic carbocycles. The van der Waals surface area contributed by atoms with Gasteiger partial charge in [-0.1, -0.05) is 31.9 Å². The van der Waals surface area contributed by atoms with E-state index in [0.717, 1.165) is 25.2 Å². The summed E-state index contributed by atoms with van der Waals surface area (Å²) in [4.78, 5) is 21.4. The highest BCUT2D eigenvalue weighted by Crippen LogP contribution is 2.33. The van der Waals surface area contributed by atoms with E-state index >= 15 is 0 Å². The number of piperidine rings is 1. The molecular weight excluding hydrogens is 474 g/mol. The van der Waals surface area contributed by atoms with Gasteiger partial charge in [-0.3, -0.25) is 4.79 Å². The van der Waals surface area contributed by atoms with Crippen molar-refractivity contribution in [1.82, 2.24) is 9.29 Å². The van der Waals surface area contributed by atoms with Gasteiger partial charge in [0, 0.05) is 51.0 Å². The number of amides is 1. The Morgan fingerprint density at radius 1 is 0.972 bits per heavy atom. The second-order valence-electron chi connectivity index (χ2n) is 9.69. The van der Waals surface area contributed by atoms with Gasteiger partial charge in [0.25, 0.3) is 0 Å². The Labute approximate surface area is 217 Å². The molecule has 1 unspecified atom stereocenters. The second-order valence-corrected chi connectivity index (χ2v) is 11.5. The number of benzene rings is 1. The van der Waals surface area contributed by atoms with Crippen LogP contribution in [0.4, 0.5) is 11.4 Å². The molecule has 0 spiro atoms. The van der Waals surface area contributed by atoms with Gasteiger partial charge in [0.1, 0.15) is 15.7 Å². The van der Waals surface area contributed by atoms with Crippen LogP contribution in [0, 0.1) is 0 Å². The Morgan fingerprint density at radius 3 is 2.17 bits per heavy atom. The number of hydrogen-bond acceptors (Lipinski definition) is 6. The minimum absolute atomic E-state index is 0.459. The molecule has 2 aliphatic rings. The molecule has 2 aromatic rings. The van der Waals surface area contributed by atoms with Gasteiger partial charge >= 0.3 is 0 Å². The van der Waals surface area contributed by atoms with Crippen LogP contribution in [-0.2, 0) is 22.2 Å². The Bertz CT molecular complexity index is 1010. The minimum Gasteiger partial charge on any atom is -0.481 e. The van der Waals surface area contributed by atoms with Crippen LogP contribution >= 0.6 is 0 Å². The molecule has 2 aliphatic heterocycles. The highest BCUT2D eigenvalue weighted by molar-refractivity contribution is 7.85. The smallest absolute Gasteiger partial charge is 0.237 e. The van der Waals surface area contributed by atoms with Crippen LogP contribution in [0.3, 0.4) is 0 Å². The summed E-state index contributed by atoms with van der Waals surface area (Å²) in [5.74, 6) is 0.0971. The Kier molecular flexibility index (Phi) is 8.85. The third-order valence-corrected chi connectivity index (χ3v) is 9.61. The van der Waals surface area contributed by atoms with Crippen molar-refractivity contribution in [3.8, 4) is 5.88 Å². The number of aryl methyl sites for hydroxylation is 1. The summed E-state index contributed by atoms with van der Waals surface area (Å²) in [6, 6.07) is 12.6. The van der Waals surface area contributed by atoms with E-state index in [-0.39, 0.29) is 0 Å². The number of methoxy groups -OCH3 is 1. The lowest BCUT2D eigenvalue weighted by atomic mass is 9.94. The highest BCUT2D eigenvalue weighted by Gasteiger charge is 2.48. The number of anilines is 2. The first-order valence-corrected chi connectivity index (χ1v) is 14.1. The van der Waals surface area contributed by atoms with Crippen molar-refractivity contribution < 1.29 is 13.7 Å². The van der Waals surface area contributed by atoms with Crippen LogP contribution in [0.2, 0.25) is 0 Å². The van der Waals surface area contributed by atoms with Gasteiger partial charge in [-0.2, -0.15) is 0 Å². The number of nitrogens with zero attached hydrogens (tertiary/aromatic N) is 4. The Morgan fingerprint density at radius 2 is 1.61 bits per heavy atom. The zero-order chi connectivity index (χ0) is 25.5. The number of carbonyl (C=O) groups excluding carboxylic acids is 1. The highest BCUT2D eigenvalue weighted by atomic mass is 32.2. The molecule has 2 N–H and O–H groups in total. The first kappa shape index (κ1) is 26.4. The molecule has 4 rings (SSSR count). The van der Waals surface area contributed by atoms with Crippen molar-refractivity contribution in [3.05, 3.63) is 48.2 Å². The van der Waals surface area contributed by atoms with E-state index < -0.39 is 21.6 Å². The molecule has 8 nitrogen and oxygen atoms in total. The van der Waals surface area contributed by atoms with Gasteiger partial charge in [-0.15, -0.1) is 0 Å². The lowest BCUT2D eigenvalue weighted by Crippen LogP contribution is -2.60. The summed E-state index contributed by atoms with van der Waals surface area (Å²) >= 11 is 0. The van der Waals surface area contributed by atoms with Crippen LogP contribution in [-0.4, -0.2) is 70.5 Å². The molecule has 9 heteroatoms. The lowest BCUT2D eigenvalue weighted by Gasteiger charge is -2.44. The minimum atomic E-state index is -1.47. The first-order valence-electron chi connectivity index (χ1n) is 13.0. The third-order valence-electron chi connectivity index (χ3n) is 7.49. The monoisotopic (exact) mass is 513 g/mol. The van der Waals surface area contributed by atoms with Crippen molar-refractivity contribution >= 4 is 28.3 Å². The topological polar surface area (TPSA) is 92.0 Å². The lowest BCUT2D eigenvalue weighted by molar-refractivity contribution is -0.121. The number of ether oxygens (including phenoxy) is 1. The number of piperazine rings is 1. The average molecular weight is 514 g/mol. The fraction of sp³-hybridized carbons (Fsp3) is 0.556. The third kappa shape index (κ3) is 5.83. The summed E-state index contributed by atoms with van der Waals surface area (Å²) in [7, 11) is 0.120. The molecule has 196 valence electrons. The van der Waals surface area contributed by atoms with E-state index in [0.29, 0.717) is 44.9 Å². The summed E-state index contributed by atoms with van der Waals surface area (Å²) in [5.41, 5.74) is 9.44.